The van der Waals surface area contributed by atoms with Gasteiger partial charge in [0.15, 0.2) is 0 Å². The third-order valence-electron chi connectivity index (χ3n) is 3.16. The summed E-state index contributed by atoms with van der Waals surface area (Å²) in [4.78, 5) is 18.2. The van der Waals surface area contributed by atoms with Crippen molar-refractivity contribution in [3.63, 3.8) is 0 Å². The Bertz CT molecular complexity index is 402. The highest BCUT2D eigenvalue weighted by atomic mass is 16.2. The Kier molecular flexibility index (Phi) is 6.33. The molecular weight excluding hydrogens is 238 g/mol. The molecule has 0 aliphatic carbocycles. The van der Waals surface area contributed by atoms with Crippen LogP contribution in [-0.4, -0.2) is 34.9 Å². The molecule has 0 aromatic carbocycles. The predicted octanol–water partition coefficient (Wildman–Crippen LogP) is 3.16. The summed E-state index contributed by atoms with van der Waals surface area (Å²) in [5.41, 5.74) is 1.48. The minimum absolute atomic E-state index is 0.00297. The SMILES string of the molecule is CCCC(C)Nc1ccnc(C(=O)N(CC)CC)c1. The molecule has 4 nitrogen and oxygen atoms in total. The van der Waals surface area contributed by atoms with Crippen LogP contribution in [0.3, 0.4) is 0 Å². The Morgan fingerprint density at radius 2 is 2.05 bits per heavy atom. The summed E-state index contributed by atoms with van der Waals surface area (Å²) in [7, 11) is 0. The highest BCUT2D eigenvalue weighted by Crippen LogP contribution is 2.13. The lowest BCUT2D eigenvalue weighted by Gasteiger charge is -2.19. The molecule has 1 aromatic rings. The van der Waals surface area contributed by atoms with Gasteiger partial charge in [-0.25, -0.2) is 0 Å². The van der Waals surface area contributed by atoms with E-state index >= 15 is 0 Å². The molecule has 1 atom stereocenters. The highest BCUT2D eigenvalue weighted by Gasteiger charge is 2.14. The molecule has 1 unspecified atom stereocenters. The second-order valence-corrected chi connectivity index (χ2v) is 4.74. The van der Waals surface area contributed by atoms with Gasteiger partial charge in [-0.2, -0.15) is 0 Å². The maximum atomic E-state index is 12.2. The summed E-state index contributed by atoms with van der Waals surface area (Å²) in [6.45, 7) is 9.69. The van der Waals surface area contributed by atoms with Crippen LogP contribution in [0.1, 0.15) is 51.0 Å². The number of hydrogen-bond acceptors (Lipinski definition) is 3. The van der Waals surface area contributed by atoms with Gasteiger partial charge >= 0.3 is 0 Å². The van der Waals surface area contributed by atoms with Crippen molar-refractivity contribution in [3.8, 4) is 0 Å². The zero-order chi connectivity index (χ0) is 14.3. The van der Waals surface area contributed by atoms with Crippen molar-refractivity contribution in [2.45, 2.75) is 46.6 Å². The summed E-state index contributed by atoms with van der Waals surface area (Å²) in [6.07, 6.45) is 3.95. The summed E-state index contributed by atoms with van der Waals surface area (Å²) in [5, 5.41) is 3.40. The molecule has 1 N–H and O–H groups in total. The summed E-state index contributed by atoms with van der Waals surface area (Å²) >= 11 is 0. The molecule has 106 valence electrons. The highest BCUT2D eigenvalue weighted by molar-refractivity contribution is 5.93. The minimum Gasteiger partial charge on any atom is -0.382 e. The largest absolute Gasteiger partial charge is 0.382 e. The lowest BCUT2D eigenvalue weighted by molar-refractivity contribution is 0.0767. The molecule has 1 rings (SSSR count). The maximum absolute atomic E-state index is 12.2. The van der Waals surface area contributed by atoms with Gasteiger partial charge in [0.2, 0.25) is 0 Å². The van der Waals surface area contributed by atoms with Crippen LogP contribution >= 0.6 is 0 Å². The zero-order valence-corrected chi connectivity index (χ0v) is 12.4. The number of pyridine rings is 1. The van der Waals surface area contributed by atoms with Crippen LogP contribution in [0, 0.1) is 0 Å². The monoisotopic (exact) mass is 263 g/mol. The van der Waals surface area contributed by atoms with Gasteiger partial charge in [-0.15, -0.1) is 0 Å². The molecule has 19 heavy (non-hydrogen) atoms. The molecule has 0 bridgehead atoms. The van der Waals surface area contributed by atoms with E-state index in [1.807, 2.05) is 26.0 Å². The van der Waals surface area contributed by atoms with Gasteiger partial charge in [0.05, 0.1) is 0 Å². The van der Waals surface area contributed by atoms with Crippen molar-refractivity contribution in [3.05, 3.63) is 24.0 Å². The Morgan fingerprint density at radius 3 is 2.63 bits per heavy atom. The number of carbonyl (C=O) groups excluding carboxylic acids is 1. The van der Waals surface area contributed by atoms with Crippen molar-refractivity contribution in [1.29, 1.82) is 0 Å². The molecule has 0 saturated carbocycles. The molecule has 0 fully saturated rings. The van der Waals surface area contributed by atoms with Crippen LogP contribution in [-0.2, 0) is 0 Å². The molecule has 0 aliphatic rings. The Balaban J connectivity index is 2.79. The van der Waals surface area contributed by atoms with Gasteiger partial charge in [0, 0.05) is 31.0 Å². The van der Waals surface area contributed by atoms with Gasteiger partial charge in [-0.1, -0.05) is 13.3 Å². The average molecular weight is 263 g/mol. The van der Waals surface area contributed by atoms with Crippen molar-refractivity contribution in [1.82, 2.24) is 9.88 Å². The van der Waals surface area contributed by atoms with Gasteiger partial charge < -0.3 is 10.2 Å². The zero-order valence-electron chi connectivity index (χ0n) is 12.4. The van der Waals surface area contributed by atoms with E-state index in [0.717, 1.165) is 18.5 Å². The summed E-state index contributed by atoms with van der Waals surface area (Å²) in [6, 6.07) is 4.15. The lowest BCUT2D eigenvalue weighted by atomic mass is 10.2. The fourth-order valence-corrected chi connectivity index (χ4v) is 2.10. The van der Waals surface area contributed by atoms with Crippen LogP contribution < -0.4 is 5.32 Å². The first kappa shape index (κ1) is 15.5. The van der Waals surface area contributed by atoms with Gasteiger partial charge in [0.1, 0.15) is 5.69 Å². The molecular formula is C15H25N3O. The number of rotatable bonds is 7. The Labute approximate surface area is 116 Å². The molecule has 0 aliphatic heterocycles. The van der Waals surface area contributed by atoms with Gasteiger partial charge in [-0.3, -0.25) is 9.78 Å². The fourth-order valence-electron chi connectivity index (χ4n) is 2.10. The van der Waals surface area contributed by atoms with E-state index in [9.17, 15) is 4.79 Å². The molecule has 1 amide bonds. The van der Waals surface area contributed by atoms with Crippen LogP contribution in [0.15, 0.2) is 18.3 Å². The maximum Gasteiger partial charge on any atom is 0.272 e. The van der Waals surface area contributed by atoms with Crippen molar-refractivity contribution >= 4 is 11.6 Å². The van der Waals surface area contributed by atoms with Crippen LogP contribution in [0.25, 0.3) is 0 Å². The minimum atomic E-state index is -0.00297. The molecule has 0 spiro atoms. The van der Waals surface area contributed by atoms with Crippen molar-refractivity contribution in [2.75, 3.05) is 18.4 Å². The molecule has 1 heterocycles. The third-order valence-corrected chi connectivity index (χ3v) is 3.16. The van der Waals surface area contributed by atoms with Crippen molar-refractivity contribution in [2.24, 2.45) is 0 Å². The number of amides is 1. The lowest BCUT2D eigenvalue weighted by Crippen LogP contribution is -2.31. The van der Waals surface area contributed by atoms with Gasteiger partial charge in [-0.05, 0) is 39.3 Å². The second-order valence-electron chi connectivity index (χ2n) is 4.74. The number of nitrogens with zero attached hydrogens (tertiary/aromatic N) is 2. The van der Waals surface area contributed by atoms with E-state index in [0.29, 0.717) is 24.8 Å². The van der Waals surface area contributed by atoms with Crippen molar-refractivity contribution < 1.29 is 4.79 Å². The van der Waals surface area contributed by atoms with E-state index < -0.39 is 0 Å². The molecule has 0 saturated heterocycles. The first-order valence-corrected chi connectivity index (χ1v) is 7.14. The third kappa shape index (κ3) is 4.54. The Morgan fingerprint density at radius 1 is 1.37 bits per heavy atom. The van der Waals surface area contributed by atoms with E-state index in [4.69, 9.17) is 0 Å². The quantitative estimate of drug-likeness (QED) is 0.822. The van der Waals surface area contributed by atoms with Crippen LogP contribution in [0.4, 0.5) is 5.69 Å². The normalized spacial score (nSPS) is 12.0. The topological polar surface area (TPSA) is 45.2 Å². The van der Waals surface area contributed by atoms with E-state index in [1.54, 1.807) is 11.1 Å². The number of hydrogen-bond donors (Lipinski definition) is 1. The number of nitrogens with one attached hydrogen (secondary N) is 1. The second kappa shape index (κ2) is 7.77. The average Bonchev–Trinajstić information content (AvgIpc) is 2.40. The van der Waals surface area contributed by atoms with E-state index in [-0.39, 0.29) is 5.91 Å². The van der Waals surface area contributed by atoms with Crippen LogP contribution in [0.2, 0.25) is 0 Å². The van der Waals surface area contributed by atoms with Crippen LogP contribution in [0.5, 0.6) is 0 Å². The van der Waals surface area contributed by atoms with E-state index in [1.165, 1.54) is 0 Å². The first-order valence-electron chi connectivity index (χ1n) is 7.14. The number of anilines is 1. The summed E-state index contributed by atoms with van der Waals surface area (Å²) < 4.78 is 0. The smallest absolute Gasteiger partial charge is 0.272 e. The first-order chi connectivity index (χ1) is 9.12. The molecule has 4 heteroatoms. The fraction of sp³-hybridized carbons (Fsp3) is 0.600. The van der Waals surface area contributed by atoms with Gasteiger partial charge in [0.25, 0.3) is 5.91 Å². The molecule has 0 radical (unpaired) electrons. The summed E-state index contributed by atoms with van der Waals surface area (Å²) in [5.74, 6) is -0.00297. The Hall–Kier alpha value is -1.58. The molecule has 1 aromatic heterocycles. The van der Waals surface area contributed by atoms with E-state index in [2.05, 4.69) is 24.1 Å². The number of carbonyl (C=O) groups is 1. The predicted molar refractivity (Wildman–Crippen MR) is 79.5 cm³/mol. The standard InChI is InChI=1S/C15H25N3O/c1-5-8-12(4)17-13-9-10-16-14(11-13)15(19)18(6-2)7-3/h9-12H,5-8H2,1-4H3,(H,16,17). The number of aromatic nitrogens is 1.